The van der Waals surface area contributed by atoms with E-state index in [1.165, 1.54) is 0 Å². The lowest BCUT2D eigenvalue weighted by atomic mass is 9.95. The molecule has 27 heavy (non-hydrogen) atoms. The molecule has 0 spiro atoms. The Hall–Kier alpha value is -2.12. The van der Waals surface area contributed by atoms with E-state index in [1.54, 1.807) is 0 Å². The summed E-state index contributed by atoms with van der Waals surface area (Å²) in [6.45, 7) is 4.70. The minimum atomic E-state index is 0. The summed E-state index contributed by atoms with van der Waals surface area (Å²) in [6.07, 6.45) is 2.33. The van der Waals surface area contributed by atoms with Crippen LogP contribution in [0.1, 0.15) is 36.8 Å². The van der Waals surface area contributed by atoms with Crippen LogP contribution in [0, 0.1) is 0 Å². The van der Waals surface area contributed by atoms with E-state index in [0.29, 0.717) is 18.9 Å². The van der Waals surface area contributed by atoms with Gasteiger partial charge in [-0.3, -0.25) is 4.79 Å². The minimum absolute atomic E-state index is 0. The summed E-state index contributed by atoms with van der Waals surface area (Å²) in [7, 11) is 0. The van der Waals surface area contributed by atoms with Crippen LogP contribution in [-0.4, -0.2) is 51.8 Å². The lowest BCUT2D eigenvalue weighted by molar-refractivity contribution is -0.132. The van der Waals surface area contributed by atoms with Gasteiger partial charge in [0.05, 0.1) is 19.6 Å². The van der Waals surface area contributed by atoms with Gasteiger partial charge in [-0.15, -0.1) is 22.6 Å². The number of nitrogens with one attached hydrogen (secondary N) is 1. The van der Waals surface area contributed by atoms with Gasteiger partial charge in [-0.05, 0) is 25.0 Å². The first-order chi connectivity index (χ1) is 12.8. The molecule has 2 aliphatic heterocycles. The molecule has 0 unspecified atom stereocenters. The summed E-state index contributed by atoms with van der Waals surface area (Å²) in [5.74, 6) is 3.51. The molecule has 1 aromatic carbocycles. The van der Waals surface area contributed by atoms with Gasteiger partial charge in [0.15, 0.2) is 0 Å². The molecule has 2 aliphatic rings. The fraction of sp³-hybridized carbons (Fsp3) is 0.526. The number of aromatic nitrogens is 3. The number of carbonyl (C=O) groups is 1. The van der Waals surface area contributed by atoms with Crippen LogP contribution in [0.2, 0.25) is 0 Å². The molecule has 2 aromatic rings. The monoisotopic (exact) mass is 391 g/mol. The molecule has 3 heterocycles. The van der Waals surface area contributed by atoms with Gasteiger partial charge in [-0.2, -0.15) is 0 Å². The highest BCUT2D eigenvalue weighted by Gasteiger charge is 2.28. The maximum absolute atomic E-state index is 12.4. The van der Waals surface area contributed by atoms with Crippen molar-refractivity contribution in [2.45, 2.75) is 38.3 Å². The molecular formula is C19H26ClN5O2. The van der Waals surface area contributed by atoms with Crippen LogP contribution in [0.5, 0.6) is 5.75 Å². The highest BCUT2D eigenvalue weighted by atomic mass is 35.5. The van der Waals surface area contributed by atoms with E-state index in [9.17, 15) is 4.79 Å². The molecule has 1 N–H and O–H groups in total. The first-order valence-electron chi connectivity index (χ1n) is 9.39. The highest BCUT2D eigenvalue weighted by Crippen LogP contribution is 2.28. The van der Waals surface area contributed by atoms with Crippen molar-refractivity contribution in [1.82, 2.24) is 25.0 Å². The van der Waals surface area contributed by atoms with Crippen molar-refractivity contribution >= 4 is 18.3 Å². The SMILES string of the molecule is Cl.O=C(CCOc1ccccc1)N1CCC(c2nnc3n2CCNC3)CC1. The molecule has 1 amide bonds. The standard InChI is InChI=1S/C19H25N5O2.ClH/c25-18(8-13-26-16-4-2-1-3-5-16)23-10-6-15(7-11-23)19-22-21-17-14-20-9-12-24(17)19;/h1-5,15,20H,6-14H2;1H. The first-order valence-corrected chi connectivity index (χ1v) is 9.39. The molecule has 8 heteroatoms. The minimum Gasteiger partial charge on any atom is -0.493 e. The van der Waals surface area contributed by atoms with Crippen molar-refractivity contribution in [1.29, 1.82) is 0 Å². The predicted octanol–water partition coefficient (Wildman–Crippen LogP) is 1.98. The number of amides is 1. The summed E-state index contributed by atoms with van der Waals surface area (Å²) < 4.78 is 7.89. The molecule has 0 aliphatic carbocycles. The number of rotatable bonds is 5. The summed E-state index contributed by atoms with van der Waals surface area (Å²) in [4.78, 5) is 14.4. The van der Waals surface area contributed by atoms with E-state index >= 15 is 0 Å². The number of piperidine rings is 1. The fourth-order valence-corrected chi connectivity index (χ4v) is 3.73. The van der Waals surface area contributed by atoms with Gasteiger partial charge in [0.1, 0.15) is 17.4 Å². The summed E-state index contributed by atoms with van der Waals surface area (Å²) in [5, 5.41) is 12.1. The number of likely N-dealkylation sites (tertiary alicyclic amines) is 1. The lowest BCUT2D eigenvalue weighted by Gasteiger charge is -2.32. The molecule has 0 saturated carbocycles. The van der Waals surface area contributed by atoms with Crippen LogP contribution in [-0.2, 0) is 17.9 Å². The van der Waals surface area contributed by atoms with Gasteiger partial charge in [0, 0.05) is 32.1 Å². The maximum atomic E-state index is 12.4. The van der Waals surface area contributed by atoms with Crippen molar-refractivity contribution in [2.75, 3.05) is 26.2 Å². The molecule has 7 nitrogen and oxygen atoms in total. The Morgan fingerprint density at radius 2 is 1.93 bits per heavy atom. The Labute approximate surface area is 165 Å². The number of carbonyl (C=O) groups excluding carboxylic acids is 1. The molecule has 1 fully saturated rings. The molecule has 0 bridgehead atoms. The van der Waals surface area contributed by atoms with E-state index in [1.807, 2.05) is 35.2 Å². The third-order valence-corrected chi connectivity index (χ3v) is 5.19. The fourth-order valence-electron chi connectivity index (χ4n) is 3.73. The van der Waals surface area contributed by atoms with Crippen molar-refractivity contribution in [3.05, 3.63) is 42.0 Å². The second-order valence-corrected chi connectivity index (χ2v) is 6.87. The second kappa shape index (κ2) is 9.19. The van der Waals surface area contributed by atoms with Gasteiger partial charge < -0.3 is 19.5 Å². The number of hydrogen-bond donors (Lipinski definition) is 1. The Bertz CT molecular complexity index is 744. The number of halogens is 1. The highest BCUT2D eigenvalue weighted by molar-refractivity contribution is 5.85. The number of nitrogens with zero attached hydrogens (tertiary/aromatic N) is 4. The van der Waals surface area contributed by atoms with E-state index < -0.39 is 0 Å². The molecule has 0 atom stereocenters. The quantitative estimate of drug-likeness (QED) is 0.843. The summed E-state index contributed by atoms with van der Waals surface area (Å²) in [6, 6.07) is 9.63. The third kappa shape index (κ3) is 4.59. The van der Waals surface area contributed by atoms with Gasteiger partial charge in [0.2, 0.25) is 5.91 Å². The zero-order valence-electron chi connectivity index (χ0n) is 15.3. The Morgan fingerprint density at radius 1 is 1.15 bits per heavy atom. The van der Waals surface area contributed by atoms with Crippen LogP contribution in [0.25, 0.3) is 0 Å². The third-order valence-electron chi connectivity index (χ3n) is 5.19. The van der Waals surface area contributed by atoms with E-state index in [2.05, 4.69) is 20.1 Å². The predicted molar refractivity (Wildman–Crippen MR) is 104 cm³/mol. The molecule has 0 radical (unpaired) electrons. The zero-order chi connectivity index (χ0) is 17.8. The number of benzene rings is 1. The van der Waals surface area contributed by atoms with Gasteiger partial charge >= 0.3 is 0 Å². The maximum Gasteiger partial charge on any atom is 0.225 e. The molecule has 1 aromatic heterocycles. The van der Waals surface area contributed by atoms with Crippen LogP contribution in [0.3, 0.4) is 0 Å². The van der Waals surface area contributed by atoms with Crippen LogP contribution >= 0.6 is 12.4 Å². The number of para-hydroxylation sites is 1. The average molecular weight is 392 g/mol. The molecule has 1 saturated heterocycles. The van der Waals surface area contributed by atoms with E-state index in [0.717, 1.165) is 63.0 Å². The Morgan fingerprint density at radius 3 is 2.70 bits per heavy atom. The Balaban J connectivity index is 0.00000210. The average Bonchev–Trinajstić information content (AvgIpc) is 3.13. The second-order valence-electron chi connectivity index (χ2n) is 6.87. The largest absolute Gasteiger partial charge is 0.493 e. The van der Waals surface area contributed by atoms with Gasteiger partial charge in [0.25, 0.3) is 0 Å². The van der Waals surface area contributed by atoms with Crippen LogP contribution in [0.4, 0.5) is 0 Å². The normalized spacial score (nSPS) is 17.1. The molecule has 146 valence electrons. The molecule has 4 rings (SSSR count). The van der Waals surface area contributed by atoms with Gasteiger partial charge in [-0.1, -0.05) is 18.2 Å². The number of ether oxygens (including phenoxy) is 1. The topological polar surface area (TPSA) is 72.3 Å². The number of hydrogen-bond acceptors (Lipinski definition) is 5. The van der Waals surface area contributed by atoms with Crippen LogP contribution in [0.15, 0.2) is 30.3 Å². The zero-order valence-corrected chi connectivity index (χ0v) is 16.2. The van der Waals surface area contributed by atoms with Crippen molar-refractivity contribution in [3.8, 4) is 5.75 Å². The number of fused-ring (bicyclic) bond motifs is 1. The van der Waals surface area contributed by atoms with Gasteiger partial charge in [-0.25, -0.2) is 0 Å². The smallest absolute Gasteiger partial charge is 0.225 e. The first kappa shape index (κ1) is 19.6. The van der Waals surface area contributed by atoms with Crippen molar-refractivity contribution in [2.24, 2.45) is 0 Å². The lowest BCUT2D eigenvalue weighted by Crippen LogP contribution is -2.39. The van der Waals surface area contributed by atoms with E-state index in [-0.39, 0.29) is 18.3 Å². The Kier molecular flexibility index (Phi) is 6.68. The summed E-state index contributed by atoms with van der Waals surface area (Å²) in [5.41, 5.74) is 0. The van der Waals surface area contributed by atoms with Crippen LogP contribution < -0.4 is 10.1 Å². The molecular weight excluding hydrogens is 366 g/mol. The van der Waals surface area contributed by atoms with Crippen molar-refractivity contribution in [3.63, 3.8) is 0 Å². The van der Waals surface area contributed by atoms with Crippen molar-refractivity contribution < 1.29 is 9.53 Å². The summed E-state index contributed by atoms with van der Waals surface area (Å²) >= 11 is 0. The van der Waals surface area contributed by atoms with E-state index in [4.69, 9.17) is 4.74 Å².